The van der Waals surface area contributed by atoms with Gasteiger partial charge in [-0.2, -0.15) is 0 Å². The number of anilines is 2. The number of amides is 2. The molecule has 0 unspecified atom stereocenters. The number of ether oxygens (including phenoxy) is 1. The molecule has 1 fully saturated rings. The molecule has 0 atom stereocenters. The summed E-state index contributed by atoms with van der Waals surface area (Å²) >= 11 is 17.8. The minimum absolute atomic E-state index is 0.0813. The maximum Gasteiger partial charge on any atom is 0.257 e. The van der Waals surface area contributed by atoms with Gasteiger partial charge in [-0.1, -0.05) is 23.2 Å². The first-order valence-electron chi connectivity index (χ1n) is 9.54. The number of piperazine rings is 1. The zero-order valence-corrected chi connectivity index (χ0v) is 19.4. The standard InChI is InChI=1S/C21H22Cl2N4O3S/c1-13(28)26-7-9-27(10-8-26)18-5-4-15(12-16(18)22)24-21(31)25-20(29)14-3-6-19(30-2)17(23)11-14/h3-6,11-12H,7-10H2,1-2H3,(H2,24,25,29,31). The molecule has 0 spiro atoms. The molecule has 3 rings (SSSR count). The number of hydrogen-bond acceptors (Lipinski definition) is 5. The van der Waals surface area contributed by atoms with Crippen molar-refractivity contribution in [2.75, 3.05) is 43.5 Å². The lowest BCUT2D eigenvalue weighted by Gasteiger charge is -2.36. The Kier molecular flexibility index (Phi) is 7.59. The zero-order valence-electron chi connectivity index (χ0n) is 17.1. The lowest BCUT2D eigenvalue weighted by Crippen LogP contribution is -2.48. The van der Waals surface area contributed by atoms with E-state index in [-0.39, 0.29) is 11.0 Å². The Hall–Kier alpha value is -2.55. The van der Waals surface area contributed by atoms with Crippen molar-refractivity contribution in [3.8, 4) is 5.75 Å². The van der Waals surface area contributed by atoms with Crippen LogP contribution in [0.15, 0.2) is 36.4 Å². The third kappa shape index (κ3) is 5.78. The molecule has 164 valence electrons. The van der Waals surface area contributed by atoms with Crippen molar-refractivity contribution in [2.24, 2.45) is 0 Å². The Labute approximate surface area is 196 Å². The summed E-state index contributed by atoms with van der Waals surface area (Å²) in [5.41, 5.74) is 1.89. The molecule has 1 saturated heterocycles. The van der Waals surface area contributed by atoms with Crippen molar-refractivity contribution in [3.63, 3.8) is 0 Å². The molecule has 0 radical (unpaired) electrons. The summed E-state index contributed by atoms with van der Waals surface area (Å²) in [6.45, 7) is 4.33. The number of carbonyl (C=O) groups excluding carboxylic acids is 2. The van der Waals surface area contributed by atoms with Crippen molar-refractivity contribution in [3.05, 3.63) is 52.0 Å². The van der Waals surface area contributed by atoms with E-state index in [0.29, 0.717) is 53.2 Å². The number of hydrogen-bond donors (Lipinski definition) is 2. The Balaban J connectivity index is 1.59. The lowest BCUT2D eigenvalue weighted by atomic mass is 10.2. The number of nitrogens with one attached hydrogen (secondary N) is 2. The smallest absolute Gasteiger partial charge is 0.257 e. The van der Waals surface area contributed by atoms with Gasteiger partial charge in [-0.15, -0.1) is 0 Å². The fourth-order valence-electron chi connectivity index (χ4n) is 3.25. The second kappa shape index (κ2) is 10.2. The monoisotopic (exact) mass is 480 g/mol. The molecule has 0 aromatic heterocycles. The van der Waals surface area contributed by atoms with Crippen LogP contribution in [-0.4, -0.2) is 55.1 Å². The Morgan fingerprint density at radius 2 is 1.74 bits per heavy atom. The molecule has 0 bridgehead atoms. The van der Waals surface area contributed by atoms with Gasteiger partial charge in [-0.3, -0.25) is 14.9 Å². The fourth-order valence-corrected chi connectivity index (χ4v) is 4.02. The summed E-state index contributed by atoms with van der Waals surface area (Å²) in [5.74, 6) is 0.169. The van der Waals surface area contributed by atoms with Crippen LogP contribution in [0.25, 0.3) is 0 Å². The molecular weight excluding hydrogens is 459 g/mol. The third-order valence-corrected chi connectivity index (χ3v) is 5.71. The van der Waals surface area contributed by atoms with Gasteiger partial charge in [0.1, 0.15) is 5.75 Å². The van der Waals surface area contributed by atoms with Crippen LogP contribution in [0.1, 0.15) is 17.3 Å². The van der Waals surface area contributed by atoms with Crippen LogP contribution < -0.4 is 20.3 Å². The van der Waals surface area contributed by atoms with Crippen LogP contribution in [0.3, 0.4) is 0 Å². The highest BCUT2D eigenvalue weighted by molar-refractivity contribution is 7.80. The first-order chi connectivity index (χ1) is 14.8. The van der Waals surface area contributed by atoms with E-state index in [2.05, 4.69) is 15.5 Å². The molecule has 1 aliphatic rings. The van der Waals surface area contributed by atoms with Crippen LogP contribution in [0.4, 0.5) is 11.4 Å². The van der Waals surface area contributed by atoms with Gasteiger partial charge in [0.2, 0.25) is 5.91 Å². The SMILES string of the molecule is COc1ccc(C(=O)NC(=S)Nc2ccc(N3CCN(C(C)=O)CC3)c(Cl)c2)cc1Cl. The number of nitrogens with zero attached hydrogens (tertiary/aromatic N) is 2. The van der Waals surface area contributed by atoms with Gasteiger partial charge in [0.15, 0.2) is 5.11 Å². The van der Waals surface area contributed by atoms with E-state index < -0.39 is 5.91 Å². The van der Waals surface area contributed by atoms with E-state index in [9.17, 15) is 9.59 Å². The summed E-state index contributed by atoms with van der Waals surface area (Å²) in [6, 6.07) is 10.2. The first kappa shape index (κ1) is 23.1. The maximum atomic E-state index is 12.4. The highest BCUT2D eigenvalue weighted by Gasteiger charge is 2.20. The van der Waals surface area contributed by atoms with Gasteiger partial charge in [0.05, 0.1) is 22.8 Å². The van der Waals surface area contributed by atoms with Crippen LogP contribution in [0.2, 0.25) is 10.0 Å². The number of carbonyl (C=O) groups is 2. The van der Waals surface area contributed by atoms with Gasteiger partial charge < -0.3 is 19.9 Å². The first-order valence-corrected chi connectivity index (χ1v) is 10.7. The molecule has 7 nitrogen and oxygen atoms in total. The molecule has 2 amide bonds. The fraction of sp³-hybridized carbons (Fsp3) is 0.286. The van der Waals surface area contributed by atoms with Crippen LogP contribution in [-0.2, 0) is 4.79 Å². The molecule has 10 heteroatoms. The van der Waals surface area contributed by atoms with Crippen LogP contribution in [0, 0.1) is 0 Å². The van der Waals surface area contributed by atoms with E-state index in [1.807, 2.05) is 17.0 Å². The van der Waals surface area contributed by atoms with Crippen LogP contribution in [0.5, 0.6) is 5.75 Å². The average Bonchev–Trinajstić information content (AvgIpc) is 2.73. The molecule has 2 N–H and O–H groups in total. The molecular formula is C21H22Cl2N4O3S. The van der Waals surface area contributed by atoms with Gasteiger partial charge in [-0.05, 0) is 48.6 Å². The van der Waals surface area contributed by atoms with Gasteiger partial charge in [0, 0.05) is 44.4 Å². The maximum absolute atomic E-state index is 12.4. The number of rotatable bonds is 4. The molecule has 1 heterocycles. The van der Waals surface area contributed by atoms with Crippen molar-refractivity contribution >= 4 is 63.7 Å². The number of benzene rings is 2. The van der Waals surface area contributed by atoms with Crippen molar-refractivity contribution in [2.45, 2.75) is 6.92 Å². The number of thiocarbonyl (C=S) groups is 1. The molecule has 2 aromatic carbocycles. The summed E-state index contributed by atoms with van der Waals surface area (Å²) in [7, 11) is 1.50. The predicted molar refractivity (Wildman–Crippen MR) is 128 cm³/mol. The molecule has 0 saturated carbocycles. The predicted octanol–water partition coefficient (Wildman–Crippen LogP) is 3.80. The Morgan fingerprint density at radius 3 is 2.32 bits per heavy atom. The topological polar surface area (TPSA) is 73.9 Å². The van der Waals surface area contributed by atoms with E-state index in [1.165, 1.54) is 13.2 Å². The highest BCUT2D eigenvalue weighted by atomic mass is 35.5. The summed E-state index contributed by atoms with van der Waals surface area (Å²) in [5, 5.41) is 6.59. The minimum Gasteiger partial charge on any atom is -0.495 e. The summed E-state index contributed by atoms with van der Waals surface area (Å²) in [4.78, 5) is 27.8. The van der Waals surface area contributed by atoms with Crippen LogP contribution >= 0.6 is 35.4 Å². The van der Waals surface area contributed by atoms with Crippen molar-refractivity contribution in [1.29, 1.82) is 0 Å². The summed E-state index contributed by atoms with van der Waals surface area (Å²) in [6.07, 6.45) is 0. The molecule has 0 aliphatic carbocycles. The van der Waals surface area contributed by atoms with E-state index in [0.717, 1.165) is 5.69 Å². The van der Waals surface area contributed by atoms with Gasteiger partial charge in [-0.25, -0.2) is 0 Å². The molecule has 1 aliphatic heterocycles. The Morgan fingerprint density at radius 1 is 1.03 bits per heavy atom. The van der Waals surface area contributed by atoms with Gasteiger partial charge in [0.25, 0.3) is 5.91 Å². The normalized spacial score (nSPS) is 13.5. The largest absolute Gasteiger partial charge is 0.495 e. The van der Waals surface area contributed by atoms with Crippen molar-refractivity contribution in [1.82, 2.24) is 10.2 Å². The summed E-state index contributed by atoms with van der Waals surface area (Å²) < 4.78 is 5.09. The molecule has 31 heavy (non-hydrogen) atoms. The average molecular weight is 481 g/mol. The Bertz CT molecular complexity index is 1010. The third-order valence-electron chi connectivity index (χ3n) is 4.91. The van der Waals surface area contributed by atoms with E-state index >= 15 is 0 Å². The van der Waals surface area contributed by atoms with E-state index in [1.54, 1.807) is 25.1 Å². The molecule has 2 aromatic rings. The quantitative estimate of drug-likeness (QED) is 0.648. The van der Waals surface area contributed by atoms with Crippen molar-refractivity contribution < 1.29 is 14.3 Å². The lowest BCUT2D eigenvalue weighted by molar-refractivity contribution is -0.129. The second-order valence-corrected chi connectivity index (χ2v) is 8.14. The zero-order chi connectivity index (χ0) is 22.5. The number of methoxy groups -OCH3 is 1. The minimum atomic E-state index is -0.395. The number of halogens is 2. The van der Waals surface area contributed by atoms with Gasteiger partial charge >= 0.3 is 0 Å². The highest BCUT2D eigenvalue weighted by Crippen LogP contribution is 2.30. The van der Waals surface area contributed by atoms with E-state index in [4.69, 9.17) is 40.2 Å². The second-order valence-electron chi connectivity index (χ2n) is 6.92.